The molecule has 0 aromatic carbocycles. The standard InChI is InChI=1S/C20H28N4O9/c1-11-9-24(20(30)23-19(11)29)16-6-14(33-18(28)5-3-13(26)8-22)15(32-16)10-31-17(27)4-2-12(25)7-21/h9,14-16H,2-8,10,21-22H2,1H3,(H,23,29,30)/t14-,15+,16+/m0/s1. The second kappa shape index (κ2) is 12.2. The van der Waals surface area contributed by atoms with Gasteiger partial charge in [-0.15, -0.1) is 0 Å². The number of nitrogens with zero attached hydrogens (tertiary/aromatic N) is 1. The minimum atomic E-state index is -0.919. The number of hydrogen-bond acceptors (Lipinski definition) is 11. The maximum atomic E-state index is 12.2. The van der Waals surface area contributed by atoms with Crippen LogP contribution in [0.2, 0.25) is 0 Å². The van der Waals surface area contributed by atoms with Crippen LogP contribution in [-0.4, -0.2) is 65.0 Å². The first-order valence-corrected chi connectivity index (χ1v) is 10.4. The van der Waals surface area contributed by atoms with Gasteiger partial charge in [-0.05, 0) is 6.92 Å². The van der Waals surface area contributed by atoms with E-state index in [-0.39, 0.29) is 68.9 Å². The molecule has 1 fully saturated rings. The third-order valence-corrected chi connectivity index (χ3v) is 5.00. The number of hydrogen-bond donors (Lipinski definition) is 3. The second-order valence-electron chi connectivity index (χ2n) is 7.54. The summed E-state index contributed by atoms with van der Waals surface area (Å²) in [4.78, 5) is 72.7. The highest BCUT2D eigenvalue weighted by atomic mass is 16.6. The van der Waals surface area contributed by atoms with Crippen LogP contribution in [0.25, 0.3) is 0 Å². The van der Waals surface area contributed by atoms with Crippen molar-refractivity contribution >= 4 is 23.5 Å². The summed E-state index contributed by atoms with van der Waals surface area (Å²) in [5, 5.41) is 0. The molecule has 3 atom stereocenters. The van der Waals surface area contributed by atoms with Crippen LogP contribution in [0.5, 0.6) is 0 Å². The molecule has 2 rings (SSSR count). The summed E-state index contributed by atoms with van der Waals surface area (Å²) < 4.78 is 17.5. The molecule has 0 amide bonds. The molecule has 0 bridgehead atoms. The minimum Gasteiger partial charge on any atom is -0.463 e. The van der Waals surface area contributed by atoms with E-state index in [9.17, 15) is 28.8 Å². The predicted molar refractivity (Wildman–Crippen MR) is 112 cm³/mol. The van der Waals surface area contributed by atoms with Gasteiger partial charge in [0.25, 0.3) is 5.56 Å². The van der Waals surface area contributed by atoms with Crippen LogP contribution in [0.4, 0.5) is 0 Å². The van der Waals surface area contributed by atoms with Gasteiger partial charge in [-0.1, -0.05) is 0 Å². The van der Waals surface area contributed by atoms with Crippen LogP contribution in [0.3, 0.4) is 0 Å². The Bertz CT molecular complexity index is 1000. The Kier molecular flexibility index (Phi) is 9.63. The SMILES string of the molecule is Cc1cn([C@H]2C[C@H](OC(=O)CCC(=O)CN)[C@@H](COC(=O)CCC(=O)CN)O2)c(=O)[nH]c1=O. The first-order chi connectivity index (χ1) is 15.6. The van der Waals surface area contributed by atoms with E-state index in [0.29, 0.717) is 0 Å². The van der Waals surface area contributed by atoms with Crippen molar-refractivity contribution in [2.75, 3.05) is 19.7 Å². The fourth-order valence-corrected chi connectivity index (χ4v) is 3.11. The summed E-state index contributed by atoms with van der Waals surface area (Å²) in [6.07, 6.45) is -1.88. The normalized spacial score (nSPS) is 19.8. The molecule has 0 unspecified atom stereocenters. The summed E-state index contributed by atoms with van der Waals surface area (Å²) in [5.74, 6) is -1.95. The van der Waals surface area contributed by atoms with E-state index < -0.39 is 41.6 Å². The second-order valence-corrected chi connectivity index (χ2v) is 7.54. The maximum Gasteiger partial charge on any atom is 0.330 e. The Labute approximate surface area is 188 Å². The van der Waals surface area contributed by atoms with E-state index in [4.69, 9.17) is 25.7 Å². The number of carbonyl (C=O) groups is 4. The molecular formula is C20H28N4O9. The van der Waals surface area contributed by atoms with E-state index in [1.807, 2.05) is 0 Å². The number of esters is 2. The number of nitrogens with one attached hydrogen (secondary N) is 1. The highest BCUT2D eigenvalue weighted by molar-refractivity contribution is 5.84. The average molecular weight is 468 g/mol. The number of Topliss-reactive ketones (excluding diaryl/α,β-unsaturated/α-hetero) is 2. The minimum absolute atomic E-state index is 0.0375. The van der Waals surface area contributed by atoms with Gasteiger partial charge in [-0.25, -0.2) is 4.79 Å². The van der Waals surface area contributed by atoms with Crippen LogP contribution >= 0.6 is 0 Å². The molecule has 13 heteroatoms. The third kappa shape index (κ3) is 7.73. The summed E-state index contributed by atoms with van der Waals surface area (Å²) in [7, 11) is 0. The third-order valence-electron chi connectivity index (χ3n) is 5.00. The fraction of sp³-hybridized carbons (Fsp3) is 0.600. The van der Waals surface area contributed by atoms with Crippen molar-refractivity contribution in [3.63, 3.8) is 0 Å². The van der Waals surface area contributed by atoms with Gasteiger partial charge in [0.1, 0.15) is 36.6 Å². The van der Waals surface area contributed by atoms with Crippen LogP contribution in [0.1, 0.15) is 43.9 Å². The predicted octanol–water partition coefficient (Wildman–Crippen LogP) is -1.80. The molecule has 1 aromatic heterocycles. The zero-order valence-corrected chi connectivity index (χ0v) is 18.2. The highest BCUT2D eigenvalue weighted by Crippen LogP contribution is 2.30. The van der Waals surface area contributed by atoms with Gasteiger partial charge in [0, 0.05) is 31.0 Å². The van der Waals surface area contributed by atoms with Crippen LogP contribution in [-0.2, 0) is 33.4 Å². The Balaban J connectivity index is 2.09. The van der Waals surface area contributed by atoms with Gasteiger partial charge in [-0.2, -0.15) is 0 Å². The summed E-state index contributed by atoms with van der Waals surface area (Å²) >= 11 is 0. The van der Waals surface area contributed by atoms with Crippen molar-refractivity contribution in [3.05, 3.63) is 32.6 Å². The smallest absolute Gasteiger partial charge is 0.330 e. The number of carbonyl (C=O) groups excluding carboxylic acids is 4. The van der Waals surface area contributed by atoms with E-state index in [1.165, 1.54) is 13.1 Å². The van der Waals surface area contributed by atoms with Crippen molar-refractivity contribution in [3.8, 4) is 0 Å². The lowest BCUT2D eigenvalue weighted by atomic mass is 10.1. The van der Waals surface area contributed by atoms with Crippen LogP contribution in [0, 0.1) is 6.92 Å². The number of ketones is 2. The zero-order valence-electron chi connectivity index (χ0n) is 18.2. The van der Waals surface area contributed by atoms with Crippen LogP contribution < -0.4 is 22.7 Å². The number of rotatable bonds is 12. The van der Waals surface area contributed by atoms with Crippen molar-refractivity contribution in [2.45, 2.75) is 57.5 Å². The number of aromatic nitrogens is 2. The summed E-state index contributed by atoms with van der Waals surface area (Å²) in [6.45, 7) is 0.834. The average Bonchev–Trinajstić information content (AvgIpc) is 3.18. The molecule has 2 heterocycles. The molecule has 0 saturated carbocycles. The molecule has 33 heavy (non-hydrogen) atoms. The molecule has 1 aromatic rings. The van der Waals surface area contributed by atoms with E-state index in [1.54, 1.807) is 0 Å². The topological polar surface area (TPSA) is 203 Å². The molecule has 0 spiro atoms. The largest absolute Gasteiger partial charge is 0.463 e. The van der Waals surface area contributed by atoms with Gasteiger partial charge in [-0.3, -0.25) is 33.5 Å². The number of nitrogens with two attached hydrogens (primary N) is 2. The van der Waals surface area contributed by atoms with Gasteiger partial charge >= 0.3 is 17.6 Å². The lowest BCUT2D eigenvalue weighted by Gasteiger charge is -2.19. The van der Waals surface area contributed by atoms with Crippen molar-refractivity contribution < 1.29 is 33.4 Å². The summed E-state index contributed by atoms with van der Waals surface area (Å²) in [5.41, 5.74) is 9.44. The Morgan fingerprint density at radius 3 is 2.27 bits per heavy atom. The summed E-state index contributed by atoms with van der Waals surface area (Å²) in [6, 6.07) is 0. The molecular weight excluding hydrogens is 440 g/mol. The van der Waals surface area contributed by atoms with Gasteiger partial charge in [0.05, 0.1) is 25.9 Å². The van der Waals surface area contributed by atoms with Gasteiger partial charge in [0.15, 0.2) is 0 Å². The highest BCUT2D eigenvalue weighted by Gasteiger charge is 2.40. The lowest BCUT2D eigenvalue weighted by molar-refractivity contribution is -0.159. The quantitative estimate of drug-likeness (QED) is 0.292. The fourth-order valence-electron chi connectivity index (χ4n) is 3.11. The van der Waals surface area contributed by atoms with E-state index >= 15 is 0 Å². The number of H-pyrrole nitrogens is 1. The van der Waals surface area contributed by atoms with E-state index in [2.05, 4.69) is 4.98 Å². The Hall–Kier alpha value is -3.16. The number of ether oxygens (including phenoxy) is 3. The molecule has 1 aliphatic rings. The number of aryl methyl sites for hydroxylation is 1. The van der Waals surface area contributed by atoms with Gasteiger partial charge in [0.2, 0.25) is 0 Å². The first kappa shape index (κ1) is 26.1. The Morgan fingerprint density at radius 1 is 1.06 bits per heavy atom. The molecule has 13 nitrogen and oxygen atoms in total. The first-order valence-electron chi connectivity index (χ1n) is 10.4. The monoisotopic (exact) mass is 468 g/mol. The lowest BCUT2D eigenvalue weighted by Crippen LogP contribution is -2.33. The van der Waals surface area contributed by atoms with Crippen molar-refractivity contribution in [2.24, 2.45) is 11.5 Å². The molecule has 182 valence electrons. The molecule has 0 radical (unpaired) electrons. The van der Waals surface area contributed by atoms with Crippen LogP contribution in [0.15, 0.2) is 15.8 Å². The van der Waals surface area contributed by atoms with Gasteiger partial charge < -0.3 is 25.7 Å². The molecule has 5 N–H and O–H groups in total. The van der Waals surface area contributed by atoms with Crippen molar-refractivity contribution in [1.82, 2.24) is 9.55 Å². The molecule has 1 aliphatic heterocycles. The maximum absolute atomic E-state index is 12.2. The van der Waals surface area contributed by atoms with Crippen molar-refractivity contribution in [1.29, 1.82) is 0 Å². The van der Waals surface area contributed by atoms with E-state index in [0.717, 1.165) is 4.57 Å². The zero-order chi connectivity index (χ0) is 24.5. The molecule has 1 saturated heterocycles. The Morgan fingerprint density at radius 2 is 1.67 bits per heavy atom. The number of aromatic amines is 1. The molecule has 0 aliphatic carbocycles.